The van der Waals surface area contributed by atoms with Crippen LogP contribution in [0.2, 0.25) is 0 Å². The van der Waals surface area contributed by atoms with Gasteiger partial charge in [-0.15, -0.1) is 5.10 Å². The van der Waals surface area contributed by atoms with Crippen molar-refractivity contribution in [2.24, 2.45) is 0 Å². The molecule has 0 aliphatic rings. The maximum absolute atomic E-state index is 11.9. The van der Waals surface area contributed by atoms with Crippen molar-refractivity contribution in [3.63, 3.8) is 0 Å². The first-order chi connectivity index (χ1) is 9.83. The molecule has 2 heterocycles. The third kappa shape index (κ3) is 2.54. The molecule has 0 saturated carbocycles. The molecular formula is C14H11N5O. The molecule has 0 atom stereocenters. The largest absolute Gasteiger partial charge is 0.289 e. The molecule has 0 saturated heterocycles. The van der Waals surface area contributed by atoms with Crippen LogP contribution in [0.1, 0.15) is 10.4 Å². The molecule has 2 N–H and O–H groups in total. The predicted octanol–water partition coefficient (Wildman–Crippen LogP) is 2.12. The molecule has 20 heavy (non-hydrogen) atoms. The maximum Gasteiger partial charge on any atom is 0.258 e. The van der Waals surface area contributed by atoms with Gasteiger partial charge >= 0.3 is 0 Å². The zero-order chi connectivity index (χ0) is 13.8. The zero-order valence-corrected chi connectivity index (χ0v) is 10.4. The van der Waals surface area contributed by atoms with Crippen LogP contribution in [0, 0.1) is 0 Å². The molecule has 0 radical (unpaired) electrons. The van der Waals surface area contributed by atoms with E-state index in [1.165, 1.54) is 0 Å². The Labute approximate surface area is 114 Å². The van der Waals surface area contributed by atoms with E-state index in [9.17, 15) is 4.79 Å². The van der Waals surface area contributed by atoms with E-state index in [4.69, 9.17) is 0 Å². The smallest absolute Gasteiger partial charge is 0.258 e. The van der Waals surface area contributed by atoms with Crippen LogP contribution in [-0.4, -0.2) is 26.1 Å². The van der Waals surface area contributed by atoms with Gasteiger partial charge in [0.1, 0.15) is 0 Å². The van der Waals surface area contributed by atoms with Crippen molar-refractivity contribution in [1.29, 1.82) is 0 Å². The highest BCUT2D eigenvalue weighted by Crippen LogP contribution is 2.14. The number of hydrogen-bond acceptors (Lipinski definition) is 4. The fourth-order valence-electron chi connectivity index (χ4n) is 1.71. The predicted molar refractivity (Wildman–Crippen MR) is 74.0 cm³/mol. The molecule has 2 aromatic heterocycles. The Hall–Kier alpha value is -3.02. The molecule has 6 nitrogen and oxygen atoms in total. The third-order valence-electron chi connectivity index (χ3n) is 2.68. The summed E-state index contributed by atoms with van der Waals surface area (Å²) in [4.78, 5) is 20.2. The summed E-state index contributed by atoms with van der Waals surface area (Å²) in [7, 11) is 0. The highest BCUT2D eigenvalue weighted by atomic mass is 16.1. The van der Waals surface area contributed by atoms with Gasteiger partial charge < -0.3 is 0 Å². The lowest BCUT2D eigenvalue weighted by Gasteiger charge is -1.99. The van der Waals surface area contributed by atoms with Crippen LogP contribution in [0.3, 0.4) is 0 Å². The topological polar surface area (TPSA) is 83.6 Å². The summed E-state index contributed by atoms with van der Waals surface area (Å²) in [5, 5.41) is 9.36. The average Bonchev–Trinajstić information content (AvgIpc) is 2.97. The van der Waals surface area contributed by atoms with E-state index < -0.39 is 0 Å². The van der Waals surface area contributed by atoms with Crippen LogP contribution in [0.5, 0.6) is 0 Å². The number of aromatic amines is 1. The summed E-state index contributed by atoms with van der Waals surface area (Å²) in [6.07, 6.45) is 3.35. The minimum Gasteiger partial charge on any atom is -0.289 e. The number of amides is 1. The number of H-pyrrole nitrogens is 1. The van der Waals surface area contributed by atoms with Crippen molar-refractivity contribution in [1.82, 2.24) is 20.2 Å². The van der Waals surface area contributed by atoms with E-state index in [1.807, 2.05) is 12.1 Å². The number of nitrogens with one attached hydrogen (secondary N) is 2. The van der Waals surface area contributed by atoms with Gasteiger partial charge in [0, 0.05) is 23.5 Å². The van der Waals surface area contributed by atoms with Crippen molar-refractivity contribution in [2.45, 2.75) is 0 Å². The van der Waals surface area contributed by atoms with Gasteiger partial charge in [-0.25, -0.2) is 0 Å². The van der Waals surface area contributed by atoms with Crippen LogP contribution in [0.15, 0.2) is 54.9 Å². The number of carbonyl (C=O) groups excluding carboxylic acids is 1. The van der Waals surface area contributed by atoms with E-state index in [1.54, 1.807) is 42.7 Å². The lowest BCUT2D eigenvalue weighted by molar-refractivity contribution is 0.102. The van der Waals surface area contributed by atoms with Crippen LogP contribution in [0.4, 0.5) is 5.95 Å². The lowest BCUT2D eigenvalue weighted by atomic mass is 10.2. The second kappa shape index (κ2) is 5.31. The monoisotopic (exact) mass is 265 g/mol. The summed E-state index contributed by atoms with van der Waals surface area (Å²) >= 11 is 0. The summed E-state index contributed by atoms with van der Waals surface area (Å²) in [6, 6.07) is 12.6. The fraction of sp³-hybridized carbons (Fsp3) is 0. The standard InChI is InChI=1S/C14H11N5O/c20-13(10-5-2-1-3-6-10)17-14-16-12(18-19-14)11-7-4-8-15-9-11/h1-9H,(H2,16,17,18,19,20). The van der Waals surface area contributed by atoms with Gasteiger partial charge in [0.2, 0.25) is 5.95 Å². The zero-order valence-electron chi connectivity index (χ0n) is 10.4. The van der Waals surface area contributed by atoms with Crippen molar-refractivity contribution in [2.75, 3.05) is 5.32 Å². The molecule has 1 amide bonds. The number of pyridine rings is 1. The van der Waals surface area contributed by atoms with Gasteiger partial charge in [-0.05, 0) is 24.3 Å². The number of carbonyl (C=O) groups is 1. The van der Waals surface area contributed by atoms with Crippen LogP contribution >= 0.6 is 0 Å². The minimum atomic E-state index is -0.248. The Morgan fingerprint density at radius 3 is 2.70 bits per heavy atom. The molecule has 0 aliphatic heterocycles. The van der Waals surface area contributed by atoms with Gasteiger partial charge in [0.05, 0.1) is 0 Å². The molecule has 3 aromatic rings. The van der Waals surface area contributed by atoms with E-state index >= 15 is 0 Å². The van der Waals surface area contributed by atoms with Crippen molar-refractivity contribution < 1.29 is 4.79 Å². The van der Waals surface area contributed by atoms with E-state index in [0.29, 0.717) is 11.4 Å². The normalized spacial score (nSPS) is 10.2. The van der Waals surface area contributed by atoms with Gasteiger partial charge in [0.15, 0.2) is 5.82 Å². The SMILES string of the molecule is O=C(Nc1n[nH]c(-c2cccnc2)n1)c1ccccc1. The Kier molecular flexibility index (Phi) is 3.20. The van der Waals surface area contributed by atoms with E-state index in [0.717, 1.165) is 5.56 Å². The van der Waals surface area contributed by atoms with Crippen LogP contribution in [0.25, 0.3) is 11.4 Å². The van der Waals surface area contributed by atoms with Crippen molar-refractivity contribution >= 4 is 11.9 Å². The van der Waals surface area contributed by atoms with E-state index in [-0.39, 0.29) is 11.9 Å². The van der Waals surface area contributed by atoms with Gasteiger partial charge in [-0.3, -0.25) is 20.2 Å². The first-order valence-corrected chi connectivity index (χ1v) is 6.02. The van der Waals surface area contributed by atoms with Crippen molar-refractivity contribution in [3.8, 4) is 11.4 Å². The summed E-state index contributed by atoms with van der Waals surface area (Å²) in [5.74, 6) is 0.543. The first kappa shape index (κ1) is 12.0. The number of nitrogens with zero attached hydrogens (tertiary/aromatic N) is 3. The van der Waals surface area contributed by atoms with Gasteiger partial charge in [0.25, 0.3) is 5.91 Å². The molecule has 98 valence electrons. The van der Waals surface area contributed by atoms with Gasteiger partial charge in [-0.2, -0.15) is 4.98 Å². The molecule has 1 aromatic carbocycles. The molecule has 0 aliphatic carbocycles. The second-order valence-corrected chi connectivity index (χ2v) is 4.07. The number of benzene rings is 1. The number of rotatable bonds is 3. The summed E-state index contributed by atoms with van der Waals surface area (Å²) in [5.41, 5.74) is 1.36. The number of aromatic nitrogens is 4. The lowest BCUT2D eigenvalue weighted by Crippen LogP contribution is -2.12. The average molecular weight is 265 g/mol. The van der Waals surface area contributed by atoms with E-state index in [2.05, 4.69) is 25.5 Å². The quantitative estimate of drug-likeness (QED) is 0.759. The molecule has 6 heteroatoms. The molecule has 3 rings (SSSR count). The fourth-order valence-corrected chi connectivity index (χ4v) is 1.71. The highest BCUT2D eigenvalue weighted by molar-refractivity contribution is 6.03. The highest BCUT2D eigenvalue weighted by Gasteiger charge is 2.10. The number of anilines is 1. The Morgan fingerprint density at radius 1 is 1.10 bits per heavy atom. The van der Waals surface area contributed by atoms with Gasteiger partial charge in [-0.1, -0.05) is 18.2 Å². The summed E-state index contributed by atoms with van der Waals surface area (Å²) < 4.78 is 0. The minimum absolute atomic E-state index is 0.234. The maximum atomic E-state index is 11.9. The van der Waals surface area contributed by atoms with Crippen LogP contribution < -0.4 is 5.32 Å². The van der Waals surface area contributed by atoms with Crippen molar-refractivity contribution in [3.05, 3.63) is 60.4 Å². The molecule has 0 spiro atoms. The molecule has 0 bridgehead atoms. The molecule has 0 fully saturated rings. The summed E-state index contributed by atoms with van der Waals surface area (Å²) in [6.45, 7) is 0. The third-order valence-corrected chi connectivity index (χ3v) is 2.68. The number of hydrogen-bond donors (Lipinski definition) is 2. The first-order valence-electron chi connectivity index (χ1n) is 6.02. The molecule has 0 unspecified atom stereocenters. The molecular weight excluding hydrogens is 254 g/mol. The Bertz CT molecular complexity index is 709. The van der Waals surface area contributed by atoms with Crippen LogP contribution in [-0.2, 0) is 0 Å². The Balaban J connectivity index is 1.77. The second-order valence-electron chi connectivity index (χ2n) is 4.07. The Morgan fingerprint density at radius 2 is 1.95 bits per heavy atom.